The fraction of sp³-hybridized carbons (Fsp3) is 0.529. The molecule has 0 heterocycles. The molecule has 0 fully saturated rings. The molecule has 0 unspecified atom stereocenters. The maximum atomic E-state index is 12.2. The molecule has 0 saturated carbocycles. The van der Waals surface area contributed by atoms with Crippen molar-refractivity contribution in [3.8, 4) is 0 Å². The van der Waals surface area contributed by atoms with Crippen molar-refractivity contribution in [2.45, 2.75) is 56.8 Å². The van der Waals surface area contributed by atoms with Crippen LogP contribution in [-0.2, 0) is 16.3 Å². The van der Waals surface area contributed by atoms with E-state index in [1.807, 2.05) is 18.2 Å². The number of sulfone groups is 1. The molecule has 0 saturated heterocycles. The first-order valence-corrected chi connectivity index (χ1v) is 9.18. The largest absolute Gasteiger partial charge is 0.224 e. The zero-order valence-corrected chi connectivity index (χ0v) is 13.3. The number of hydrogen-bond donors (Lipinski definition) is 0. The zero-order valence-electron chi connectivity index (χ0n) is 12.5. The van der Waals surface area contributed by atoms with Crippen LogP contribution in [-0.4, -0.2) is 14.2 Å². The minimum absolute atomic E-state index is 0.258. The molecule has 2 nitrogen and oxygen atoms in total. The van der Waals surface area contributed by atoms with E-state index in [0.29, 0.717) is 4.90 Å². The molecule has 1 aromatic rings. The molecule has 0 aromatic heterocycles. The van der Waals surface area contributed by atoms with Gasteiger partial charge in [0.2, 0.25) is 0 Å². The highest BCUT2D eigenvalue weighted by Crippen LogP contribution is 2.15. The van der Waals surface area contributed by atoms with Crippen molar-refractivity contribution in [1.82, 2.24) is 0 Å². The molecule has 0 radical (unpaired) electrons. The molecule has 3 heteroatoms. The van der Waals surface area contributed by atoms with E-state index in [2.05, 4.69) is 13.5 Å². The third-order valence-electron chi connectivity index (χ3n) is 3.39. The summed E-state index contributed by atoms with van der Waals surface area (Å²) in [6.45, 7) is 5.80. The van der Waals surface area contributed by atoms with Crippen molar-refractivity contribution in [3.05, 3.63) is 42.5 Å². The van der Waals surface area contributed by atoms with Gasteiger partial charge in [-0.25, -0.2) is 8.42 Å². The van der Waals surface area contributed by atoms with Gasteiger partial charge in [-0.3, -0.25) is 0 Å². The van der Waals surface area contributed by atoms with E-state index in [9.17, 15) is 8.42 Å². The van der Waals surface area contributed by atoms with Gasteiger partial charge < -0.3 is 0 Å². The van der Waals surface area contributed by atoms with Gasteiger partial charge in [0, 0.05) is 0 Å². The van der Waals surface area contributed by atoms with Gasteiger partial charge in [0.15, 0.2) is 9.84 Å². The number of aryl methyl sites for hydroxylation is 1. The standard InChI is InChI=1S/C17H26O2S/c1-3-5-6-7-8-9-15-20(18,19)17-13-11-16(10-4-2)12-14-17/h3,11-14H,1,4-10,15H2,2H3. The maximum Gasteiger partial charge on any atom is 0.178 e. The van der Waals surface area contributed by atoms with Crippen LogP contribution < -0.4 is 0 Å². The lowest BCUT2D eigenvalue weighted by molar-refractivity contribution is 0.588. The number of rotatable bonds is 10. The summed E-state index contributed by atoms with van der Waals surface area (Å²) in [4.78, 5) is 0.462. The number of allylic oxidation sites excluding steroid dienone is 1. The fourth-order valence-electron chi connectivity index (χ4n) is 2.20. The van der Waals surface area contributed by atoms with E-state index in [4.69, 9.17) is 0 Å². The van der Waals surface area contributed by atoms with E-state index in [1.165, 1.54) is 5.56 Å². The van der Waals surface area contributed by atoms with Crippen LogP contribution >= 0.6 is 0 Å². The van der Waals surface area contributed by atoms with Crippen LogP contribution in [0.25, 0.3) is 0 Å². The second-order valence-electron chi connectivity index (χ2n) is 5.20. The van der Waals surface area contributed by atoms with Crippen molar-refractivity contribution in [1.29, 1.82) is 0 Å². The van der Waals surface area contributed by atoms with Crippen LogP contribution in [0.3, 0.4) is 0 Å². The van der Waals surface area contributed by atoms with Gasteiger partial charge in [-0.05, 0) is 43.4 Å². The summed E-state index contributed by atoms with van der Waals surface area (Å²) in [5, 5.41) is 0. The van der Waals surface area contributed by atoms with E-state index in [1.54, 1.807) is 12.1 Å². The molecule has 1 rings (SSSR count). The van der Waals surface area contributed by atoms with Gasteiger partial charge in [-0.1, -0.05) is 44.4 Å². The monoisotopic (exact) mass is 294 g/mol. The first-order valence-electron chi connectivity index (χ1n) is 7.52. The molecule has 0 bridgehead atoms. The molecule has 0 N–H and O–H groups in total. The summed E-state index contributed by atoms with van der Waals surface area (Å²) in [5.74, 6) is 0.258. The quantitative estimate of drug-likeness (QED) is 0.468. The van der Waals surface area contributed by atoms with E-state index in [-0.39, 0.29) is 5.75 Å². The Bertz CT molecular complexity index is 486. The van der Waals surface area contributed by atoms with Gasteiger partial charge in [-0.15, -0.1) is 6.58 Å². The molecule has 0 aliphatic heterocycles. The third kappa shape index (κ3) is 5.91. The van der Waals surface area contributed by atoms with Gasteiger partial charge in [0.1, 0.15) is 0 Å². The van der Waals surface area contributed by atoms with E-state index < -0.39 is 9.84 Å². The van der Waals surface area contributed by atoms with Crippen molar-refractivity contribution < 1.29 is 8.42 Å². The molecule has 20 heavy (non-hydrogen) atoms. The normalized spacial score (nSPS) is 11.4. The van der Waals surface area contributed by atoms with Gasteiger partial charge in [0.05, 0.1) is 10.6 Å². The Balaban J connectivity index is 2.45. The maximum absolute atomic E-state index is 12.2. The Morgan fingerprint density at radius 1 is 1.05 bits per heavy atom. The Labute approximate surface area is 123 Å². The second kappa shape index (κ2) is 8.96. The fourth-order valence-corrected chi connectivity index (χ4v) is 3.57. The Hall–Kier alpha value is -1.09. The smallest absolute Gasteiger partial charge is 0.178 e. The SMILES string of the molecule is C=CCCCCCCS(=O)(=O)c1ccc(CCC)cc1. The average Bonchev–Trinajstić information content (AvgIpc) is 2.44. The molecule has 0 aliphatic rings. The van der Waals surface area contributed by atoms with Gasteiger partial charge >= 0.3 is 0 Å². The Morgan fingerprint density at radius 3 is 2.30 bits per heavy atom. The van der Waals surface area contributed by atoms with Crippen molar-refractivity contribution in [2.24, 2.45) is 0 Å². The van der Waals surface area contributed by atoms with Crippen molar-refractivity contribution in [2.75, 3.05) is 5.75 Å². The van der Waals surface area contributed by atoms with Crippen LogP contribution in [0, 0.1) is 0 Å². The molecule has 112 valence electrons. The topological polar surface area (TPSA) is 34.1 Å². The summed E-state index contributed by atoms with van der Waals surface area (Å²) in [6, 6.07) is 7.36. The summed E-state index contributed by atoms with van der Waals surface area (Å²) < 4.78 is 24.3. The van der Waals surface area contributed by atoms with Gasteiger partial charge in [0.25, 0.3) is 0 Å². The van der Waals surface area contributed by atoms with Crippen LogP contribution in [0.4, 0.5) is 0 Å². The molecule has 0 aliphatic carbocycles. The lowest BCUT2D eigenvalue weighted by Gasteiger charge is -2.06. The molecular formula is C17H26O2S. The number of hydrogen-bond acceptors (Lipinski definition) is 2. The number of unbranched alkanes of at least 4 members (excludes halogenated alkanes) is 4. The molecule has 0 amide bonds. The third-order valence-corrected chi connectivity index (χ3v) is 5.21. The van der Waals surface area contributed by atoms with Crippen LogP contribution in [0.2, 0.25) is 0 Å². The highest BCUT2D eigenvalue weighted by Gasteiger charge is 2.13. The van der Waals surface area contributed by atoms with Crippen LogP contribution in [0.5, 0.6) is 0 Å². The predicted molar refractivity (Wildman–Crippen MR) is 85.8 cm³/mol. The highest BCUT2D eigenvalue weighted by atomic mass is 32.2. The average molecular weight is 294 g/mol. The summed E-state index contributed by atoms with van der Waals surface area (Å²) in [5.41, 5.74) is 1.20. The first kappa shape index (κ1) is 17.0. The summed E-state index contributed by atoms with van der Waals surface area (Å²) in [6.07, 6.45) is 8.92. The van der Waals surface area contributed by atoms with E-state index in [0.717, 1.165) is 44.9 Å². The predicted octanol–water partition coefficient (Wildman–Crippen LogP) is 4.55. The molecule has 0 atom stereocenters. The highest BCUT2D eigenvalue weighted by molar-refractivity contribution is 7.91. The molecular weight excluding hydrogens is 268 g/mol. The second-order valence-corrected chi connectivity index (χ2v) is 7.31. The lowest BCUT2D eigenvalue weighted by atomic mass is 10.1. The van der Waals surface area contributed by atoms with Gasteiger partial charge in [-0.2, -0.15) is 0 Å². The van der Waals surface area contributed by atoms with Crippen molar-refractivity contribution in [3.63, 3.8) is 0 Å². The summed E-state index contributed by atoms with van der Waals surface area (Å²) in [7, 11) is -3.10. The lowest BCUT2D eigenvalue weighted by Crippen LogP contribution is -2.07. The van der Waals surface area contributed by atoms with Crippen LogP contribution in [0.1, 0.15) is 51.0 Å². The summed E-state index contributed by atoms with van der Waals surface area (Å²) >= 11 is 0. The zero-order chi connectivity index (χ0) is 14.8. The van der Waals surface area contributed by atoms with Crippen LogP contribution in [0.15, 0.2) is 41.8 Å². The van der Waals surface area contributed by atoms with Crippen molar-refractivity contribution >= 4 is 9.84 Å². The first-order chi connectivity index (χ1) is 9.60. The van der Waals surface area contributed by atoms with E-state index >= 15 is 0 Å². The molecule has 1 aromatic carbocycles. The Morgan fingerprint density at radius 2 is 1.70 bits per heavy atom. The molecule has 0 spiro atoms. The number of benzene rings is 1. The minimum Gasteiger partial charge on any atom is -0.224 e. The Kier molecular flexibility index (Phi) is 7.60. The minimum atomic E-state index is -3.10.